The van der Waals surface area contributed by atoms with Crippen LogP contribution < -0.4 is 10.4 Å². The van der Waals surface area contributed by atoms with E-state index in [0.29, 0.717) is 23.0 Å². The van der Waals surface area contributed by atoms with Crippen molar-refractivity contribution >= 4 is 22.3 Å². The summed E-state index contributed by atoms with van der Waals surface area (Å²) in [7, 11) is 0. The van der Waals surface area contributed by atoms with E-state index in [4.69, 9.17) is 13.7 Å². The fourth-order valence-corrected chi connectivity index (χ4v) is 2.73. The van der Waals surface area contributed by atoms with Gasteiger partial charge in [0, 0.05) is 28.5 Å². The molecule has 0 atom stereocenters. The van der Waals surface area contributed by atoms with Crippen molar-refractivity contribution in [3.63, 3.8) is 0 Å². The molecule has 0 saturated carbocycles. The Morgan fingerprint density at radius 1 is 1.17 bits per heavy atom. The minimum atomic E-state index is -0.396. The van der Waals surface area contributed by atoms with E-state index < -0.39 is 5.63 Å². The number of benzene rings is 1. The first-order chi connectivity index (χ1) is 11.3. The molecule has 0 amide bonds. The van der Waals surface area contributed by atoms with Gasteiger partial charge in [-0.3, -0.25) is 0 Å². The Hall–Kier alpha value is -2.93. The molecule has 0 fully saturated rings. The van der Waals surface area contributed by atoms with E-state index in [1.807, 2.05) is 22.9 Å². The van der Waals surface area contributed by atoms with Gasteiger partial charge in [-0.25, -0.2) is 4.79 Å². The summed E-state index contributed by atoms with van der Waals surface area (Å²) in [5.74, 6) is 1.47. The minimum Gasteiger partial charge on any atom is -0.484 e. The van der Waals surface area contributed by atoms with Crippen molar-refractivity contribution in [2.24, 2.45) is 0 Å². The van der Waals surface area contributed by atoms with E-state index in [1.165, 1.54) is 6.07 Å². The van der Waals surface area contributed by atoms with Crippen LogP contribution in [-0.4, -0.2) is 10.1 Å². The summed E-state index contributed by atoms with van der Waals surface area (Å²) in [6.07, 6.45) is 0. The highest BCUT2D eigenvalue weighted by atomic mass is 32.1. The predicted octanol–water partition coefficient (Wildman–Crippen LogP) is 3.48. The average Bonchev–Trinajstić information content (AvgIpc) is 3.23. The SMILES string of the molecule is O=c1ccc2ccc(OCc3nc(-c4ccsc4)no3)cc2o1. The molecule has 0 saturated heterocycles. The summed E-state index contributed by atoms with van der Waals surface area (Å²) in [5.41, 5.74) is 0.990. The van der Waals surface area contributed by atoms with Gasteiger partial charge in [-0.05, 0) is 29.6 Å². The highest BCUT2D eigenvalue weighted by molar-refractivity contribution is 7.08. The number of fused-ring (bicyclic) bond motifs is 1. The third-order valence-electron chi connectivity index (χ3n) is 3.20. The van der Waals surface area contributed by atoms with Crippen molar-refractivity contribution in [1.29, 1.82) is 0 Å². The van der Waals surface area contributed by atoms with Gasteiger partial charge in [0.2, 0.25) is 5.82 Å². The Kier molecular flexibility index (Phi) is 3.39. The van der Waals surface area contributed by atoms with E-state index >= 15 is 0 Å². The van der Waals surface area contributed by atoms with Gasteiger partial charge in [0.1, 0.15) is 11.3 Å². The fourth-order valence-electron chi connectivity index (χ4n) is 2.10. The maximum absolute atomic E-state index is 11.2. The number of hydrogen-bond acceptors (Lipinski definition) is 7. The molecule has 0 N–H and O–H groups in total. The fraction of sp³-hybridized carbons (Fsp3) is 0.0625. The molecular weight excluding hydrogens is 316 g/mol. The third kappa shape index (κ3) is 2.86. The van der Waals surface area contributed by atoms with Crippen molar-refractivity contribution in [2.45, 2.75) is 6.61 Å². The molecule has 3 aromatic heterocycles. The third-order valence-corrected chi connectivity index (χ3v) is 3.89. The van der Waals surface area contributed by atoms with Crippen molar-refractivity contribution in [1.82, 2.24) is 10.1 Å². The van der Waals surface area contributed by atoms with Gasteiger partial charge in [-0.1, -0.05) is 5.16 Å². The van der Waals surface area contributed by atoms with Crippen LogP contribution in [0.25, 0.3) is 22.4 Å². The lowest BCUT2D eigenvalue weighted by Crippen LogP contribution is -1.97. The van der Waals surface area contributed by atoms with Crippen LogP contribution in [0, 0.1) is 0 Å². The molecule has 1 aromatic carbocycles. The van der Waals surface area contributed by atoms with E-state index in [2.05, 4.69) is 10.1 Å². The van der Waals surface area contributed by atoms with Crippen LogP contribution in [0.5, 0.6) is 5.75 Å². The second kappa shape index (κ2) is 5.69. The second-order valence-electron chi connectivity index (χ2n) is 4.77. The molecule has 0 aliphatic carbocycles. The monoisotopic (exact) mass is 326 g/mol. The first-order valence-electron chi connectivity index (χ1n) is 6.80. The summed E-state index contributed by atoms with van der Waals surface area (Å²) in [6.45, 7) is 0.139. The predicted molar refractivity (Wildman–Crippen MR) is 84.4 cm³/mol. The van der Waals surface area contributed by atoms with Gasteiger partial charge in [-0.15, -0.1) is 0 Å². The van der Waals surface area contributed by atoms with E-state index in [1.54, 1.807) is 29.5 Å². The topological polar surface area (TPSA) is 78.4 Å². The molecule has 3 heterocycles. The van der Waals surface area contributed by atoms with Gasteiger partial charge in [0.05, 0.1) is 0 Å². The van der Waals surface area contributed by atoms with Crippen LogP contribution in [0.1, 0.15) is 5.89 Å². The van der Waals surface area contributed by atoms with Gasteiger partial charge < -0.3 is 13.7 Å². The van der Waals surface area contributed by atoms with Crippen molar-refractivity contribution in [3.05, 3.63) is 63.5 Å². The van der Waals surface area contributed by atoms with Crippen LogP contribution in [0.3, 0.4) is 0 Å². The Balaban J connectivity index is 1.51. The molecule has 7 heteroatoms. The lowest BCUT2D eigenvalue weighted by molar-refractivity contribution is 0.243. The van der Waals surface area contributed by atoms with Crippen LogP contribution in [-0.2, 0) is 6.61 Å². The largest absolute Gasteiger partial charge is 0.484 e. The maximum Gasteiger partial charge on any atom is 0.336 e. The Morgan fingerprint density at radius 3 is 2.96 bits per heavy atom. The van der Waals surface area contributed by atoms with Gasteiger partial charge >= 0.3 is 5.63 Å². The van der Waals surface area contributed by atoms with E-state index in [9.17, 15) is 4.79 Å². The highest BCUT2D eigenvalue weighted by Crippen LogP contribution is 2.22. The van der Waals surface area contributed by atoms with Crippen molar-refractivity contribution < 1.29 is 13.7 Å². The van der Waals surface area contributed by atoms with E-state index in [-0.39, 0.29) is 6.61 Å². The number of thiophene rings is 1. The smallest absolute Gasteiger partial charge is 0.336 e. The second-order valence-corrected chi connectivity index (χ2v) is 5.55. The molecule has 6 nitrogen and oxygen atoms in total. The zero-order chi connectivity index (χ0) is 15.6. The van der Waals surface area contributed by atoms with Gasteiger partial charge in [0.15, 0.2) is 6.61 Å². The Morgan fingerprint density at radius 2 is 2.09 bits per heavy atom. The molecule has 0 unspecified atom stereocenters. The molecular formula is C16H10N2O4S. The summed E-state index contributed by atoms with van der Waals surface area (Å²) in [4.78, 5) is 15.5. The zero-order valence-corrected chi connectivity index (χ0v) is 12.6. The summed E-state index contributed by atoms with van der Waals surface area (Å²) in [6, 6.07) is 10.3. The lowest BCUT2D eigenvalue weighted by Gasteiger charge is -2.03. The van der Waals surface area contributed by atoms with Gasteiger partial charge in [0.25, 0.3) is 5.89 Å². The van der Waals surface area contributed by atoms with Crippen molar-refractivity contribution in [3.8, 4) is 17.1 Å². The van der Waals surface area contributed by atoms with Crippen LogP contribution >= 0.6 is 11.3 Å². The zero-order valence-electron chi connectivity index (χ0n) is 11.8. The van der Waals surface area contributed by atoms with E-state index in [0.717, 1.165) is 10.9 Å². The molecule has 4 rings (SSSR count). The highest BCUT2D eigenvalue weighted by Gasteiger charge is 2.10. The van der Waals surface area contributed by atoms with Crippen LogP contribution in [0.15, 0.2) is 60.9 Å². The maximum atomic E-state index is 11.2. The summed E-state index contributed by atoms with van der Waals surface area (Å²) < 4.78 is 15.9. The van der Waals surface area contributed by atoms with Crippen LogP contribution in [0.2, 0.25) is 0 Å². The minimum absolute atomic E-state index is 0.139. The molecule has 114 valence electrons. The first kappa shape index (κ1) is 13.7. The average molecular weight is 326 g/mol. The number of hydrogen-bond donors (Lipinski definition) is 0. The molecule has 4 aromatic rings. The van der Waals surface area contributed by atoms with Crippen LogP contribution in [0.4, 0.5) is 0 Å². The lowest BCUT2D eigenvalue weighted by atomic mass is 10.2. The summed E-state index contributed by atoms with van der Waals surface area (Å²) in [5, 5.41) is 8.64. The number of aromatic nitrogens is 2. The van der Waals surface area contributed by atoms with Gasteiger partial charge in [-0.2, -0.15) is 16.3 Å². The number of ether oxygens (including phenoxy) is 1. The molecule has 0 aliphatic heterocycles. The molecule has 0 aliphatic rings. The number of nitrogens with zero attached hydrogens (tertiary/aromatic N) is 2. The molecule has 0 bridgehead atoms. The summed E-state index contributed by atoms with van der Waals surface area (Å²) >= 11 is 1.57. The normalized spacial score (nSPS) is 11.0. The Labute approximate surface area is 133 Å². The van der Waals surface area contributed by atoms with Crippen molar-refractivity contribution in [2.75, 3.05) is 0 Å². The molecule has 23 heavy (non-hydrogen) atoms. The standard InChI is InChI=1S/C16H10N2O4S/c19-15-4-2-10-1-3-12(7-13(10)21-15)20-8-14-17-16(18-22-14)11-5-6-23-9-11/h1-7,9H,8H2. The Bertz CT molecular complexity index is 1000. The first-order valence-corrected chi connectivity index (χ1v) is 7.74. The number of rotatable bonds is 4. The molecule has 0 radical (unpaired) electrons. The molecule has 0 spiro atoms. The quantitative estimate of drug-likeness (QED) is 0.534.